The van der Waals surface area contributed by atoms with Gasteiger partial charge in [-0.25, -0.2) is 4.79 Å². The standard InChI is InChI=1S/C34H42N4O5/c1-23(2)20-29(32(40)36-19-17-26-15-9-18-35-31(26)39)37-33(41)30(38-34(42)43-22-24-10-4-3-5-11-24)21-27-14-8-13-25-12-6-7-16-28(25)27/h3-8,10-14,16,23,26,29-30H,9,15,17-22H2,1-2H3,(H,35,39)(H,36,40)(H,37,41)(H,38,42)/t26-,29-,30-/m0/s1. The Labute approximate surface area is 253 Å². The van der Waals surface area contributed by atoms with Crippen LogP contribution in [0.4, 0.5) is 4.79 Å². The normalized spacial score (nSPS) is 16.2. The van der Waals surface area contributed by atoms with E-state index in [2.05, 4.69) is 21.3 Å². The van der Waals surface area contributed by atoms with Crippen LogP contribution in [0.3, 0.4) is 0 Å². The first-order chi connectivity index (χ1) is 20.8. The molecule has 1 aliphatic rings. The van der Waals surface area contributed by atoms with E-state index >= 15 is 0 Å². The third kappa shape index (κ3) is 9.56. The van der Waals surface area contributed by atoms with Crippen LogP contribution in [0.5, 0.6) is 0 Å². The molecule has 1 aliphatic heterocycles. The molecule has 0 bridgehead atoms. The van der Waals surface area contributed by atoms with Crippen LogP contribution in [-0.4, -0.2) is 49.0 Å². The minimum atomic E-state index is -0.984. The van der Waals surface area contributed by atoms with Gasteiger partial charge in [-0.2, -0.15) is 0 Å². The van der Waals surface area contributed by atoms with Crippen molar-refractivity contribution in [1.82, 2.24) is 21.3 Å². The number of alkyl carbamates (subject to hydrolysis) is 1. The van der Waals surface area contributed by atoms with Crippen molar-refractivity contribution < 1.29 is 23.9 Å². The predicted octanol–water partition coefficient (Wildman–Crippen LogP) is 4.24. The fraction of sp³-hybridized carbons (Fsp3) is 0.412. The molecule has 0 aromatic heterocycles. The molecule has 4 rings (SSSR count). The van der Waals surface area contributed by atoms with E-state index in [0.29, 0.717) is 25.9 Å². The van der Waals surface area contributed by atoms with Crippen molar-refractivity contribution in [3.8, 4) is 0 Å². The molecule has 43 heavy (non-hydrogen) atoms. The lowest BCUT2D eigenvalue weighted by atomic mass is 9.95. The maximum Gasteiger partial charge on any atom is 0.408 e. The fourth-order valence-electron chi connectivity index (χ4n) is 5.39. The SMILES string of the molecule is CC(C)C[C@H](NC(=O)[C@H](Cc1cccc2ccccc12)NC(=O)OCc1ccccc1)C(=O)NCC[C@@H]1CCCNC1=O. The topological polar surface area (TPSA) is 126 Å². The number of ether oxygens (including phenoxy) is 1. The van der Waals surface area contributed by atoms with Crippen molar-refractivity contribution in [2.75, 3.05) is 13.1 Å². The van der Waals surface area contributed by atoms with Gasteiger partial charge in [0, 0.05) is 25.4 Å². The summed E-state index contributed by atoms with van der Waals surface area (Å²) in [7, 11) is 0. The van der Waals surface area contributed by atoms with E-state index in [9.17, 15) is 19.2 Å². The summed E-state index contributed by atoms with van der Waals surface area (Å²) >= 11 is 0. The van der Waals surface area contributed by atoms with E-state index in [1.165, 1.54) is 0 Å². The first-order valence-corrected chi connectivity index (χ1v) is 15.1. The highest BCUT2D eigenvalue weighted by Crippen LogP contribution is 2.20. The number of hydrogen-bond donors (Lipinski definition) is 4. The molecule has 1 heterocycles. The number of carbonyl (C=O) groups is 4. The highest BCUT2D eigenvalue weighted by molar-refractivity contribution is 5.92. The number of carbonyl (C=O) groups excluding carboxylic acids is 4. The first kappa shape index (κ1) is 31.5. The minimum absolute atomic E-state index is 0.0223. The number of benzene rings is 3. The smallest absolute Gasteiger partial charge is 0.408 e. The van der Waals surface area contributed by atoms with Crippen molar-refractivity contribution in [1.29, 1.82) is 0 Å². The summed E-state index contributed by atoms with van der Waals surface area (Å²) in [6, 6.07) is 21.2. The Morgan fingerprint density at radius 2 is 1.65 bits per heavy atom. The third-order valence-corrected chi connectivity index (χ3v) is 7.66. The van der Waals surface area contributed by atoms with Gasteiger partial charge < -0.3 is 26.0 Å². The molecule has 0 spiro atoms. The second-order valence-corrected chi connectivity index (χ2v) is 11.5. The van der Waals surface area contributed by atoms with Crippen LogP contribution >= 0.6 is 0 Å². The van der Waals surface area contributed by atoms with Gasteiger partial charge in [0.25, 0.3) is 0 Å². The zero-order valence-electron chi connectivity index (χ0n) is 24.9. The van der Waals surface area contributed by atoms with Gasteiger partial charge in [0.15, 0.2) is 0 Å². The summed E-state index contributed by atoms with van der Waals surface area (Å²) < 4.78 is 5.43. The average molecular weight is 587 g/mol. The molecule has 4 amide bonds. The number of nitrogens with one attached hydrogen (secondary N) is 4. The molecule has 0 unspecified atom stereocenters. The Kier molecular flexibility index (Phi) is 11.5. The Hall–Kier alpha value is -4.40. The molecular formula is C34H42N4O5. The van der Waals surface area contributed by atoms with Crippen LogP contribution in [0.2, 0.25) is 0 Å². The highest BCUT2D eigenvalue weighted by atomic mass is 16.5. The van der Waals surface area contributed by atoms with Crippen LogP contribution in [0.25, 0.3) is 10.8 Å². The molecule has 9 nitrogen and oxygen atoms in total. The molecule has 9 heteroatoms. The molecule has 1 saturated heterocycles. The van der Waals surface area contributed by atoms with Gasteiger partial charge in [0.2, 0.25) is 17.7 Å². The molecule has 228 valence electrons. The van der Waals surface area contributed by atoms with E-state index in [-0.39, 0.29) is 36.7 Å². The second kappa shape index (κ2) is 15.7. The molecule has 3 aromatic carbocycles. The van der Waals surface area contributed by atoms with E-state index in [4.69, 9.17) is 4.74 Å². The highest BCUT2D eigenvalue weighted by Gasteiger charge is 2.29. The molecular weight excluding hydrogens is 544 g/mol. The van der Waals surface area contributed by atoms with Gasteiger partial charge in [-0.05, 0) is 53.5 Å². The summed E-state index contributed by atoms with van der Waals surface area (Å²) in [4.78, 5) is 51.9. The van der Waals surface area contributed by atoms with Gasteiger partial charge >= 0.3 is 6.09 Å². The summed E-state index contributed by atoms with van der Waals surface area (Å²) in [5.74, 6) is -0.760. The number of amides is 4. The van der Waals surface area contributed by atoms with E-state index in [1.54, 1.807) is 0 Å². The summed E-state index contributed by atoms with van der Waals surface area (Å²) in [6.45, 7) is 5.05. The molecule has 0 radical (unpaired) electrons. The van der Waals surface area contributed by atoms with E-state index in [0.717, 1.165) is 34.7 Å². The zero-order valence-corrected chi connectivity index (χ0v) is 24.9. The maximum atomic E-state index is 13.7. The summed E-state index contributed by atoms with van der Waals surface area (Å²) in [5.41, 5.74) is 1.71. The Morgan fingerprint density at radius 1 is 0.907 bits per heavy atom. The fourth-order valence-corrected chi connectivity index (χ4v) is 5.39. The van der Waals surface area contributed by atoms with Crippen molar-refractivity contribution in [3.05, 3.63) is 83.9 Å². The number of rotatable bonds is 13. The molecule has 0 aliphatic carbocycles. The number of piperidine rings is 1. The van der Waals surface area contributed by atoms with Crippen LogP contribution in [0.1, 0.15) is 50.7 Å². The van der Waals surface area contributed by atoms with Gasteiger partial charge in [-0.3, -0.25) is 14.4 Å². The van der Waals surface area contributed by atoms with Crippen molar-refractivity contribution in [2.45, 2.75) is 64.6 Å². The van der Waals surface area contributed by atoms with Crippen LogP contribution in [0.15, 0.2) is 72.8 Å². The Morgan fingerprint density at radius 3 is 2.42 bits per heavy atom. The molecule has 0 saturated carbocycles. The Bertz CT molecular complexity index is 1390. The molecule has 3 aromatic rings. The van der Waals surface area contributed by atoms with Crippen LogP contribution < -0.4 is 21.3 Å². The van der Waals surface area contributed by atoms with E-state index < -0.39 is 24.1 Å². The van der Waals surface area contributed by atoms with Crippen molar-refractivity contribution in [2.24, 2.45) is 11.8 Å². The summed E-state index contributed by atoms with van der Waals surface area (Å²) in [5, 5.41) is 13.4. The summed E-state index contributed by atoms with van der Waals surface area (Å²) in [6.07, 6.45) is 2.17. The van der Waals surface area contributed by atoms with Crippen LogP contribution in [0, 0.1) is 11.8 Å². The van der Waals surface area contributed by atoms with Gasteiger partial charge in [-0.15, -0.1) is 0 Å². The third-order valence-electron chi connectivity index (χ3n) is 7.66. The van der Waals surface area contributed by atoms with Gasteiger partial charge in [0.1, 0.15) is 18.7 Å². The van der Waals surface area contributed by atoms with E-state index in [1.807, 2.05) is 86.6 Å². The Balaban J connectivity index is 1.46. The monoisotopic (exact) mass is 586 g/mol. The van der Waals surface area contributed by atoms with Gasteiger partial charge in [-0.1, -0.05) is 86.6 Å². The number of hydrogen-bond acceptors (Lipinski definition) is 5. The molecule has 4 N–H and O–H groups in total. The number of fused-ring (bicyclic) bond motifs is 1. The lowest BCUT2D eigenvalue weighted by Crippen LogP contribution is -2.55. The predicted molar refractivity (Wildman–Crippen MR) is 166 cm³/mol. The quantitative estimate of drug-likeness (QED) is 0.238. The van der Waals surface area contributed by atoms with Crippen molar-refractivity contribution in [3.63, 3.8) is 0 Å². The largest absolute Gasteiger partial charge is 0.445 e. The minimum Gasteiger partial charge on any atom is -0.445 e. The second-order valence-electron chi connectivity index (χ2n) is 11.5. The molecule has 1 fully saturated rings. The lowest BCUT2D eigenvalue weighted by molar-refractivity contribution is -0.130. The van der Waals surface area contributed by atoms with Crippen molar-refractivity contribution >= 4 is 34.6 Å². The van der Waals surface area contributed by atoms with Crippen LogP contribution in [-0.2, 0) is 32.1 Å². The lowest BCUT2D eigenvalue weighted by Gasteiger charge is -2.25. The first-order valence-electron chi connectivity index (χ1n) is 15.1. The van der Waals surface area contributed by atoms with Gasteiger partial charge in [0.05, 0.1) is 0 Å². The molecule has 3 atom stereocenters. The zero-order chi connectivity index (χ0) is 30.6. The maximum absolute atomic E-state index is 13.7. The average Bonchev–Trinajstić information content (AvgIpc) is 3.00.